The van der Waals surface area contributed by atoms with E-state index in [1.54, 1.807) is 17.0 Å². The molecule has 0 saturated heterocycles. The summed E-state index contributed by atoms with van der Waals surface area (Å²) in [4.78, 5) is 15.4. The van der Waals surface area contributed by atoms with Crippen molar-refractivity contribution in [3.8, 4) is 11.1 Å². The van der Waals surface area contributed by atoms with Crippen LogP contribution in [0.3, 0.4) is 0 Å². The summed E-state index contributed by atoms with van der Waals surface area (Å²) in [5.41, 5.74) is 6.52. The summed E-state index contributed by atoms with van der Waals surface area (Å²) < 4.78 is 27.0. The molecule has 3 aromatic carbocycles. The molecule has 1 amide bonds. The number of anilines is 4. The van der Waals surface area contributed by atoms with Gasteiger partial charge in [0.2, 0.25) is 10.0 Å². The van der Waals surface area contributed by atoms with Gasteiger partial charge in [-0.3, -0.25) is 9.52 Å². The highest BCUT2D eigenvalue weighted by molar-refractivity contribution is 7.92. The molecule has 5 rings (SSSR count). The Balaban J connectivity index is 1.55. The number of carbonyl (C=O) groups is 1. The smallest absolute Gasteiger partial charge is 0.258 e. The van der Waals surface area contributed by atoms with Crippen molar-refractivity contribution in [3.63, 3.8) is 0 Å². The summed E-state index contributed by atoms with van der Waals surface area (Å²) in [7, 11) is -3.55. The van der Waals surface area contributed by atoms with Crippen LogP contribution in [0.4, 0.5) is 22.7 Å². The Labute approximate surface area is 200 Å². The molecular weight excluding hydrogens is 448 g/mol. The molecule has 3 N–H and O–H groups in total. The standard InChI is InChI=1S/C26H28N4O3S/c1-17-12-14-30(25-6-4-3-5-23(25)28-17)26(31)20-7-9-21(24(16-20)29-34(2,32)33)18-8-10-22-19(15-18)11-13-27-22/h3-10,15-17,27-29H,11-14H2,1-2H3/t17-/m0/s1. The lowest BCUT2D eigenvalue weighted by atomic mass is 9.98. The molecule has 1 atom stereocenters. The van der Waals surface area contributed by atoms with Crippen molar-refractivity contribution >= 4 is 38.7 Å². The highest BCUT2D eigenvalue weighted by Gasteiger charge is 2.25. The number of fused-ring (bicyclic) bond motifs is 2. The fourth-order valence-electron chi connectivity index (χ4n) is 4.66. The van der Waals surface area contributed by atoms with E-state index >= 15 is 0 Å². The number of hydrogen-bond donors (Lipinski definition) is 3. The lowest BCUT2D eigenvalue weighted by Gasteiger charge is -2.23. The highest BCUT2D eigenvalue weighted by Crippen LogP contribution is 2.35. The van der Waals surface area contributed by atoms with Gasteiger partial charge in [-0.1, -0.05) is 24.3 Å². The van der Waals surface area contributed by atoms with Crippen molar-refractivity contribution in [3.05, 3.63) is 71.8 Å². The maximum atomic E-state index is 13.7. The van der Waals surface area contributed by atoms with E-state index in [4.69, 9.17) is 0 Å². The number of sulfonamides is 1. The molecular formula is C26H28N4O3S. The quantitative estimate of drug-likeness (QED) is 0.514. The SMILES string of the molecule is C[C@H]1CCN(C(=O)c2ccc(-c3ccc4c(c3)CCN4)c(NS(C)(=O)=O)c2)c2ccccc2N1. The van der Waals surface area contributed by atoms with Crippen LogP contribution in [0.5, 0.6) is 0 Å². The lowest BCUT2D eigenvalue weighted by molar-refractivity contribution is 0.0987. The van der Waals surface area contributed by atoms with E-state index in [2.05, 4.69) is 28.3 Å². The fraction of sp³-hybridized carbons (Fsp3) is 0.269. The second kappa shape index (κ2) is 8.68. The highest BCUT2D eigenvalue weighted by atomic mass is 32.2. The maximum absolute atomic E-state index is 13.7. The van der Waals surface area contributed by atoms with Crippen LogP contribution in [-0.4, -0.2) is 39.7 Å². The predicted molar refractivity (Wildman–Crippen MR) is 138 cm³/mol. The molecule has 0 radical (unpaired) electrons. The second-order valence-corrected chi connectivity index (χ2v) is 10.7. The van der Waals surface area contributed by atoms with Crippen molar-refractivity contribution in [1.29, 1.82) is 0 Å². The summed E-state index contributed by atoms with van der Waals surface area (Å²) >= 11 is 0. The molecule has 0 bridgehead atoms. The summed E-state index contributed by atoms with van der Waals surface area (Å²) in [6, 6.07) is 19.3. The third-order valence-corrected chi connectivity index (χ3v) is 6.91. The van der Waals surface area contributed by atoms with E-state index in [0.29, 0.717) is 17.8 Å². The van der Waals surface area contributed by atoms with Gasteiger partial charge >= 0.3 is 0 Å². The van der Waals surface area contributed by atoms with Crippen LogP contribution in [-0.2, 0) is 16.4 Å². The molecule has 176 valence electrons. The predicted octanol–water partition coefficient (Wildman–Crippen LogP) is 4.54. The van der Waals surface area contributed by atoms with Crippen LogP contribution in [0.1, 0.15) is 29.3 Å². The van der Waals surface area contributed by atoms with E-state index in [1.807, 2.05) is 42.5 Å². The molecule has 8 heteroatoms. The van der Waals surface area contributed by atoms with Crippen LogP contribution in [0.2, 0.25) is 0 Å². The monoisotopic (exact) mass is 476 g/mol. The van der Waals surface area contributed by atoms with Gasteiger partial charge in [0, 0.05) is 35.9 Å². The molecule has 2 heterocycles. The van der Waals surface area contributed by atoms with Gasteiger partial charge in [0.1, 0.15) is 0 Å². The minimum Gasteiger partial charge on any atom is -0.384 e. The first-order chi connectivity index (χ1) is 16.3. The second-order valence-electron chi connectivity index (χ2n) is 8.99. The summed E-state index contributed by atoms with van der Waals surface area (Å²) in [6.45, 7) is 3.56. The molecule has 3 aromatic rings. The van der Waals surface area contributed by atoms with Crippen LogP contribution in [0.25, 0.3) is 11.1 Å². The van der Waals surface area contributed by atoms with Gasteiger partial charge < -0.3 is 15.5 Å². The van der Waals surface area contributed by atoms with Gasteiger partial charge in [-0.2, -0.15) is 0 Å². The van der Waals surface area contributed by atoms with Gasteiger partial charge in [0.25, 0.3) is 5.91 Å². The first-order valence-electron chi connectivity index (χ1n) is 11.4. The van der Waals surface area contributed by atoms with Gasteiger partial charge in [0.05, 0.1) is 23.3 Å². The average molecular weight is 477 g/mol. The summed E-state index contributed by atoms with van der Waals surface area (Å²) in [5, 5.41) is 6.80. The Bertz CT molecular complexity index is 1370. The van der Waals surface area contributed by atoms with Crippen LogP contribution in [0, 0.1) is 0 Å². The number of amides is 1. The minimum atomic E-state index is -3.55. The van der Waals surface area contributed by atoms with Gasteiger partial charge in [-0.15, -0.1) is 0 Å². The first-order valence-corrected chi connectivity index (χ1v) is 13.3. The number of nitrogens with one attached hydrogen (secondary N) is 3. The van der Waals surface area contributed by atoms with Crippen molar-refractivity contribution in [2.24, 2.45) is 0 Å². The number of para-hydroxylation sites is 2. The molecule has 0 saturated carbocycles. The Morgan fingerprint density at radius 2 is 1.88 bits per heavy atom. The molecule has 0 aromatic heterocycles. The number of benzene rings is 3. The third kappa shape index (κ3) is 4.46. The molecule has 0 unspecified atom stereocenters. The minimum absolute atomic E-state index is 0.162. The average Bonchev–Trinajstić information content (AvgIpc) is 3.19. The van der Waals surface area contributed by atoms with Gasteiger partial charge in [-0.25, -0.2) is 8.42 Å². The lowest BCUT2D eigenvalue weighted by Crippen LogP contribution is -2.32. The zero-order chi connectivity index (χ0) is 23.9. The van der Waals surface area contributed by atoms with Gasteiger partial charge in [-0.05, 0) is 67.3 Å². The number of rotatable bonds is 4. The Hall–Kier alpha value is -3.52. The fourth-order valence-corrected chi connectivity index (χ4v) is 5.23. The van der Waals surface area contributed by atoms with Crippen LogP contribution < -0.4 is 20.3 Å². The van der Waals surface area contributed by atoms with Crippen LogP contribution >= 0.6 is 0 Å². The van der Waals surface area contributed by atoms with E-state index in [1.165, 1.54) is 5.56 Å². The number of carbonyl (C=O) groups excluding carboxylic acids is 1. The van der Waals surface area contributed by atoms with E-state index in [9.17, 15) is 13.2 Å². The van der Waals surface area contributed by atoms with Crippen molar-refractivity contribution in [1.82, 2.24) is 0 Å². The molecule has 2 aliphatic heterocycles. The molecule has 0 spiro atoms. The Kier molecular flexibility index (Phi) is 5.69. The molecule has 0 fully saturated rings. The van der Waals surface area contributed by atoms with Crippen molar-refractivity contribution < 1.29 is 13.2 Å². The van der Waals surface area contributed by atoms with E-state index in [-0.39, 0.29) is 11.9 Å². The molecule has 2 aliphatic rings. The zero-order valence-electron chi connectivity index (χ0n) is 19.3. The maximum Gasteiger partial charge on any atom is 0.258 e. The Morgan fingerprint density at radius 1 is 1.06 bits per heavy atom. The normalized spacial score (nSPS) is 17.1. The molecule has 34 heavy (non-hydrogen) atoms. The number of hydrogen-bond acceptors (Lipinski definition) is 5. The van der Waals surface area contributed by atoms with Crippen molar-refractivity contribution in [2.75, 3.05) is 39.6 Å². The first kappa shape index (κ1) is 22.3. The third-order valence-electron chi connectivity index (χ3n) is 6.32. The van der Waals surface area contributed by atoms with Crippen LogP contribution in [0.15, 0.2) is 60.7 Å². The van der Waals surface area contributed by atoms with Crippen molar-refractivity contribution in [2.45, 2.75) is 25.8 Å². The van der Waals surface area contributed by atoms with E-state index in [0.717, 1.165) is 53.8 Å². The molecule has 7 nitrogen and oxygen atoms in total. The summed E-state index contributed by atoms with van der Waals surface area (Å²) in [5.74, 6) is -0.162. The van der Waals surface area contributed by atoms with E-state index < -0.39 is 10.0 Å². The zero-order valence-corrected chi connectivity index (χ0v) is 20.1. The summed E-state index contributed by atoms with van der Waals surface area (Å²) in [6.07, 6.45) is 2.85. The molecule has 0 aliphatic carbocycles. The largest absolute Gasteiger partial charge is 0.384 e. The van der Waals surface area contributed by atoms with Gasteiger partial charge in [0.15, 0.2) is 0 Å². The Morgan fingerprint density at radius 3 is 2.71 bits per heavy atom. The number of nitrogens with zero attached hydrogens (tertiary/aromatic N) is 1. The topological polar surface area (TPSA) is 90.5 Å².